The first kappa shape index (κ1) is 14.3. The van der Waals surface area contributed by atoms with E-state index in [1.165, 1.54) is 29.5 Å². The van der Waals surface area contributed by atoms with Crippen molar-refractivity contribution in [2.75, 3.05) is 5.75 Å². The molecule has 6 nitrogen and oxygen atoms in total. The minimum absolute atomic E-state index is 0.174. The maximum Gasteiger partial charge on any atom is 0.321 e. The van der Waals surface area contributed by atoms with Gasteiger partial charge in [0.2, 0.25) is 5.91 Å². The average molecular weight is 300 g/mol. The molecular weight excluding hydrogens is 284 g/mol. The number of hydrogen-bond donors (Lipinski definition) is 2. The Morgan fingerprint density at radius 2 is 2.16 bits per heavy atom. The number of carbonyl (C=O) groups is 2. The first-order chi connectivity index (χ1) is 9.24. The number of urea groups is 1. The van der Waals surface area contributed by atoms with Crippen molar-refractivity contribution in [1.82, 2.24) is 20.8 Å². The fourth-order valence-corrected chi connectivity index (χ4v) is 3.27. The molecule has 2 N–H and O–H groups in total. The van der Waals surface area contributed by atoms with Gasteiger partial charge in [-0.05, 0) is 12.8 Å². The van der Waals surface area contributed by atoms with Crippen LogP contribution in [0.1, 0.15) is 32.1 Å². The SMILES string of the molecule is O=C(CSc1nncs1)NC(=O)NC1CCCCC1. The first-order valence-electron chi connectivity index (χ1n) is 6.23. The molecular formula is C11H16N4O2S2. The zero-order valence-electron chi connectivity index (χ0n) is 10.4. The molecule has 8 heteroatoms. The second-order valence-corrected chi connectivity index (χ2v) is 6.41. The summed E-state index contributed by atoms with van der Waals surface area (Å²) in [4.78, 5) is 23.2. The lowest BCUT2D eigenvalue weighted by molar-refractivity contribution is -0.117. The molecule has 0 spiro atoms. The van der Waals surface area contributed by atoms with E-state index in [4.69, 9.17) is 0 Å². The van der Waals surface area contributed by atoms with E-state index < -0.39 is 6.03 Å². The molecule has 0 bridgehead atoms. The summed E-state index contributed by atoms with van der Waals surface area (Å²) >= 11 is 2.65. The predicted octanol–water partition coefficient (Wildman–Crippen LogP) is 1.79. The van der Waals surface area contributed by atoms with Crippen molar-refractivity contribution < 1.29 is 9.59 Å². The number of thioether (sulfide) groups is 1. The number of rotatable bonds is 4. The summed E-state index contributed by atoms with van der Waals surface area (Å²) in [6, 6.07) is -0.188. The molecule has 1 heterocycles. The molecule has 1 aromatic rings. The zero-order valence-corrected chi connectivity index (χ0v) is 12.1. The molecule has 0 atom stereocenters. The quantitative estimate of drug-likeness (QED) is 0.828. The molecule has 2 rings (SSSR count). The Kier molecular flexibility index (Phi) is 5.59. The lowest BCUT2D eigenvalue weighted by atomic mass is 9.96. The highest BCUT2D eigenvalue weighted by atomic mass is 32.2. The third kappa shape index (κ3) is 5.15. The van der Waals surface area contributed by atoms with Crippen LogP contribution in [0.3, 0.4) is 0 Å². The van der Waals surface area contributed by atoms with Crippen molar-refractivity contribution in [2.45, 2.75) is 42.5 Å². The molecule has 0 aromatic carbocycles. The van der Waals surface area contributed by atoms with Gasteiger partial charge < -0.3 is 5.32 Å². The van der Waals surface area contributed by atoms with E-state index in [9.17, 15) is 9.59 Å². The van der Waals surface area contributed by atoms with Crippen LogP contribution in [0.25, 0.3) is 0 Å². The van der Waals surface area contributed by atoms with Crippen LogP contribution >= 0.6 is 23.1 Å². The van der Waals surface area contributed by atoms with E-state index in [2.05, 4.69) is 20.8 Å². The fourth-order valence-electron chi connectivity index (χ4n) is 1.98. The van der Waals surface area contributed by atoms with E-state index >= 15 is 0 Å². The van der Waals surface area contributed by atoms with Gasteiger partial charge in [-0.15, -0.1) is 10.2 Å². The zero-order chi connectivity index (χ0) is 13.5. The molecule has 1 fully saturated rings. The molecule has 104 valence electrons. The Bertz CT molecular complexity index is 418. The van der Waals surface area contributed by atoms with Gasteiger partial charge in [0.05, 0.1) is 5.75 Å². The normalized spacial score (nSPS) is 16.0. The van der Waals surface area contributed by atoms with Gasteiger partial charge in [-0.1, -0.05) is 42.4 Å². The molecule has 3 amide bonds. The molecule has 0 unspecified atom stereocenters. The standard InChI is InChI=1S/C11H16N4O2S2/c16-9(6-18-11-15-12-7-19-11)14-10(17)13-8-4-2-1-3-5-8/h7-8H,1-6H2,(H2,13,14,16,17). The highest BCUT2D eigenvalue weighted by Gasteiger charge is 2.17. The number of nitrogens with zero attached hydrogens (tertiary/aromatic N) is 2. The van der Waals surface area contributed by atoms with E-state index in [0.29, 0.717) is 0 Å². The van der Waals surface area contributed by atoms with Crippen molar-refractivity contribution in [3.63, 3.8) is 0 Å². The van der Waals surface area contributed by atoms with Crippen molar-refractivity contribution >= 4 is 35.0 Å². The third-order valence-corrected chi connectivity index (χ3v) is 4.72. The van der Waals surface area contributed by atoms with E-state index in [1.807, 2.05) is 0 Å². The first-order valence-corrected chi connectivity index (χ1v) is 8.10. The average Bonchev–Trinajstić information content (AvgIpc) is 2.90. The van der Waals surface area contributed by atoms with Crippen LogP contribution in [0, 0.1) is 0 Å². The van der Waals surface area contributed by atoms with Crippen LogP contribution in [-0.2, 0) is 4.79 Å². The number of amides is 3. The molecule has 0 saturated heterocycles. The maximum absolute atomic E-state index is 11.6. The molecule has 19 heavy (non-hydrogen) atoms. The highest BCUT2D eigenvalue weighted by molar-refractivity contribution is 8.01. The lowest BCUT2D eigenvalue weighted by Crippen LogP contribution is -2.45. The Hall–Kier alpha value is -1.15. The summed E-state index contributed by atoms with van der Waals surface area (Å²) in [7, 11) is 0. The van der Waals surface area contributed by atoms with Gasteiger partial charge >= 0.3 is 6.03 Å². The Morgan fingerprint density at radius 1 is 1.37 bits per heavy atom. The lowest BCUT2D eigenvalue weighted by Gasteiger charge is -2.22. The van der Waals surface area contributed by atoms with Crippen LogP contribution < -0.4 is 10.6 Å². The number of aromatic nitrogens is 2. The molecule has 0 radical (unpaired) electrons. The van der Waals surface area contributed by atoms with Crippen LogP contribution in [0.5, 0.6) is 0 Å². The summed E-state index contributed by atoms with van der Waals surface area (Å²) in [6.07, 6.45) is 5.52. The van der Waals surface area contributed by atoms with Crippen molar-refractivity contribution in [3.05, 3.63) is 5.51 Å². The van der Waals surface area contributed by atoms with Crippen LogP contribution in [0.4, 0.5) is 4.79 Å². The van der Waals surface area contributed by atoms with Crippen molar-refractivity contribution in [1.29, 1.82) is 0 Å². The molecule has 0 aliphatic heterocycles. The van der Waals surface area contributed by atoms with E-state index in [-0.39, 0.29) is 17.7 Å². The summed E-state index contributed by atoms with van der Waals surface area (Å²) in [5.41, 5.74) is 1.61. The summed E-state index contributed by atoms with van der Waals surface area (Å²) in [6.45, 7) is 0. The monoisotopic (exact) mass is 300 g/mol. The maximum atomic E-state index is 11.6. The minimum atomic E-state index is -0.394. The number of carbonyl (C=O) groups excluding carboxylic acids is 2. The largest absolute Gasteiger partial charge is 0.335 e. The van der Waals surface area contributed by atoms with Crippen LogP contribution in [-0.4, -0.2) is 33.9 Å². The second-order valence-electron chi connectivity index (χ2n) is 4.35. The third-order valence-electron chi connectivity index (χ3n) is 2.86. The van der Waals surface area contributed by atoms with Crippen molar-refractivity contribution in [2.24, 2.45) is 0 Å². The smallest absolute Gasteiger partial charge is 0.321 e. The Morgan fingerprint density at radius 3 is 2.84 bits per heavy atom. The van der Waals surface area contributed by atoms with Gasteiger partial charge in [-0.3, -0.25) is 10.1 Å². The van der Waals surface area contributed by atoms with E-state index in [0.717, 1.165) is 30.0 Å². The van der Waals surface area contributed by atoms with Crippen LogP contribution in [0.2, 0.25) is 0 Å². The number of nitrogens with one attached hydrogen (secondary N) is 2. The van der Waals surface area contributed by atoms with Crippen LogP contribution in [0.15, 0.2) is 9.85 Å². The molecule has 1 saturated carbocycles. The Balaban J connectivity index is 1.65. The van der Waals surface area contributed by atoms with Gasteiger partial charge in [0.15, 0.2) is 4.34 Å². The second kappa shape index (κ2) is 7.44. The molecule has 1 aromatic heterocycles. The number of imide groups is 1. The van der Waals surface area contributed by atoms with Crippen molar-refractivity contribution in [3.8, 4) is 0 Å². The van der Waals surface area contributed by atoms with Gasteiger partial charge in [-0.2, -0.15) is 0 Å². The summed E-state index contributed by atoms with van der Waals surface area (Å²) in [5.74, 6) is -0.138. The van der Waals surface area contributed by atoms with Gasteiger partial charge in [-0.25, -0.2) is 4.79 Å². The van der Waals surface area contributed by atoms with Gasteiger partial charge in [0, 0.05) is 6.04 Å². The summed E-state index contributed by atoms with van der Waals surface area (Å²) in [5, 5.41) is 12.7. The predicted molar refractivity (Wildman–Crippen MR) is 74.2 cm³/mol. The van der Waals surface area contributed by atoms with E-state index in [1.54, 1.807) is 5.51 Å². The topological polar surface area (TPSA) is 84.0 Å². The number of hydrogen-bond acceptors (Lipinski definition) is 6. The molecule has 1 aliphatic rings. The van der Waals surface area contributed by atoms with Gasteiger partial charge in [0.25, 0.3) is 0 Å². The van der Waals surface area contributed by atoms with Gasteiger partial charge in [0.1, 0.15) is 5.51 Å². The highest BCUT2D eigenvalue weighted by Crippen LogP contribution is 2.18. The summed E-state index contributed by atoms with van der Waals surface area (Å²) < 4.78 is 0.725. The Labute approximate surface area is 119 Å². The fraction of sp³-hybridized carbons (Fsp3) is 0.636. The molecule has 1 aliphatic carbocycles. The minimum Gasteiger partial charge on any atom is -0.335 e.